The fraction of sp³-hybridized carbons (Fsp3) is 1.00. The minimum atomic E-state index is 0.799. The third kappa shape index (κ3) is 12.3. The Labute approximate surface area is 114 Å². The predicted molar refractivity (Wildman–Crippen MR) is 81.7 cm³/mol. The SMILES string of the molecule is CC(C)CCCCCCN(CCCN)CCCN. The van der Waals surface area contributed by atoms with Crippen LogP contribution in [0.25, 0.3) is 0 Å². The van der Waals surface area contributed by atoms with Gasteiger partial charge in [0.2, 0.25) is 0 Å². The number of rotatable bonds is 13. The van der Waals surface area contributed by atoms with E-state index in [0.717, 1.165) is 44.9 Å². The molecule has 0 heterocycles. The molecule has 0 amide bonds. The van der Waals surface area contributed by atoms with Crippen LogP contribution in [0.4, 0.5) is 0 Å². The highest BCUT2D eigenvalue weighted by atomic mass is 15.1. The first-order valence-corrected chi connectivity index (χ1v) is 7.83. The Bertz CT molecular complexity index is 152. The quantitative estimate of drug-likeness (QED) is 0.499. The molecule has 0 radical (unpaired) electrons. The molecule has 0 saturated heterocycles. The van der Waals surface area contributed by atoms with Gasteiger partial charge in [-0.3, -0.25) is 0 Å². The number of nitrogens with two attached hydrogens (primary N) is 2. The lowest BCUT2D eigenvalue weighted by Crippen LogP contribution is -2.29. The fourth-order valence-electron chi connectivity index (χ4n) is 2.21. The maximum atomic E-state index is 5.58. The summed E-state index contributed by atoms with van der Waals surface area (Å²) < 4.78 is 0. The van der Waals surface area contributed by atoms with Crippen molar-refractivity contribution in [1.29, 1.82) is 0 Å². The van der Waals surface area contributed by atoms with E-state index in [-0.39, 0.29) is 0 Å². The van der Waals surface area contributed by atoms with Gasteiger partial charge in [0.1, 0.15) is 0 Å². The fourth-order valence-corrected chi connectivity index (χ4v) is 2.21. The monoisotopic (exact) mass is 257 g/mol. The van der Waals surface area contributed by atoms with Crippen LogP contribution in [-0.2, 0) is 0 Å². The van der Waals surface area contributed by atoms with Crippen molar-refractivity contribution >= 4 is 0 Å². The van der Waals surface area contributed by atoms with E-state index in [1.54, 1.807) is 0 Å². The van der Waals surface area contributed by atoms with Gasteiger partial charge in [-0.2, -0.15) is 0 Å². The summed E-state index contributed by atoms with van der Waals surface area (Å²) in [5.41, 5.74) is 11.2. The molecule has 18 heavy (non-hydrogen) atoms. The normalized spacial score (nSPS) is 11.7. The second-order valence-corrected chi connectivity index (χ2v) is 5.72. The van der Waals surface area contributed by atoms with E-state index < -0.39 is 0 Å². The van der Waals surface area contributed by atoms with Crippen molar-refractivity contribution in [3.8, 4) is 0 Å². The topological polar surface area (TPSA) is 55.3 Å². The highest BCUT2D eigenvalue weighted by Gasteiger charge is 2.03. The van der Waals surface area contributed by atoms with Crippen LogP contribution in [0.3, 0.4) is 0 Å². The van der Waals surface area contributed by atoms with Crippen LogP contribution in [0.2, 0.25) is 0 Å². The van der Waals surface area contributed by atoms with Crippen LogP contribution < -0.4 is 11.5 Å². The van der Waals surface area contributed by atoms with E-state index in [1.165, 1.54) is 38.6 Å². The molecule has 0 fully saturated rings. The molecule has 0 spiro atoms. The first kappa shape index (κ1) is 17.9. The number of unbranched alkanes of at least 4 members (excludes halogenated alkanes) is 3. The third-order valence-corrected chi connectivity index (χ3v) is 3.36. The van der Waals surface area contributed by atoms with Crippen LogP contribution >= 0.6 is 0 Å². The molecule has 0 aromatic carbocycles. The van der Waals surface area contributed by atoms with E-state index in [2.05, 4.69) is 18.7 Å². The van der Waals surface area contributed by atoms with Gasteiger partial charge in [-0.15, -0.1) is 0 Å². The largest absolute Gasteiger partial charge is 0.330 e. The smallest absolute Gasteiger partial charge is 0.000671 e. The summed E-state index contributed by atoms with van der Waals surface area (Å²) in [6.07, 6.45) is 9.07. The Morgan fingerprint density at radius 1 is 0.722 bits per heavy atom. The Balaban J connectivity index is 3.49. The van der Waals surface area contributed by atoms with Gasteiger partial charge in [0.15, 0.2) is 0 Å². The van der Waals surface area contributed by atoms with E-state index in [1.807, 2.05) is 0 Å². The summed E-state index contributed by atoms with van der Waals surface area (Å²) in [6.45, 7) is 9.72. The van der Waals surface area contributed by atoms with Crippen LogP contribution in [0, 0.1) is 5.92 Å². The molecule has 0 aromatic rings. The molecule has 3 nitrogen and oxygen atoms in total. The molecule has 4 N–H and O–H groups in total. The number of hydrogen-bond donors (Lipinski definition) is 2. The molecular weight excluding hydrogens is 222 g/mol. The number of hydrogen-bond acceptors (Lipinski definition) is 3. The van der Waals surface area contributed by atoms with Crippen molar-refractivity contribution in [3.05, 3.63) is 0 Å². The maximum Gasteiger partial charge on any atom is -0.000671 e. The average Bonchev–Trinajstić information content (AvgIpc) is 2.35. The van der Waals surface area contributed by atoms with Gasteiger partial charge in [0.05, 0.1) is 0 Å². The van der Waals surface area contributed by atoms with Gasteiger partial charge < -0.3 is 16.4 Å². The summed E-state index contributed by atoms with van der Waals surface area (Å²) >= 11 is 0. The zero-order valence-corrected chi connectivity index (χ0v) is 12.7. The highest BCUT2D eigenvalue weighted by molar-refractivity contribution is 4.60. The molecule has 0 saturated carbocycles. The minimum Gasteiger partial charge on any atom is -0.330 e. The number of nitrogens with zero attached hydrogens (tertiary/aromatic N) is 1. The second kappa shape index (κ2) is 13.3. The summed E-state index contributed by atoms with van der Waals surface area (Å²) in [5, 5.41) is 0. The van der Waals surface area contributed by atoms with Gasteiger partial charge in [-0.05, 0) is 57.9 Å². The summed E-state index contributed by atoms with van der Waals surface area (Å²) in [4.78, 5) is 2.53. The summed E-state index contributed by atoms with van der Waals surface area (Å²) in [6, 6.07) is 0. The van der Waals surface area contributed by atoms with Crippen LogP contribution in [-0.4, -0.2) is 37.6 Å². The molecule has 0 rings (SSSR count). The molecule has 3 heteroatoms. The first-order valence-electron chi connectivity index (χ1n) is 7.83. The zero-order chi connectivity index (χ0) is 13.6. The molecule has 0 atom stereocenters. The van der Waals surface area contributed by atoms with E-state index in [0.29, 0.717) is 0 Å². The predicted octanol–water partition coefficient (Wildman–Crippen LogP) is 2.59. The van der Waals surface area contributed by atoms with Crippen molar-refractivity contribution < 1.29 is 0 Å². The lowest BCUT2D eigenvalue weighted by atomic mass is 10.0. The molecule has 0 aliphatic carbocycles. The van der Waals surface area contributed by atoms with Crippen molar-refractivity contribution in [1.82, 2.24) is 4.90 Å². The summed E-state index contributed by atoms with van der Waals surface area (Å²) in [7, 11) is 0. The minimum absolute atomic E-state index is 0.799. The lowest BCUT2D eigenvalue weighted by molar-refractivity contribution is 0.263. The van der Waals surface area contributed by atoms with E-state index in [4.69, 9.17) is 11.5 Å². The molecule has 0 aliphatic heterocycles. The molecule has 0 unspecified atom stereocenters. The molecule has 0 aliphatic rings. The molecule has 110 valence electrons. The van der Waals surface area contributed by atoms with Gasteiger partial charge in [0.25, 0.3) is 0 Å². The van der Waals surface area contributed by atoms with E-state index >= 15 is 0 Å². The summed E-state index contributed by atoms with van der Waals surface area (Å²) in [5.74, 6) is 0.857. The maximum absolute atomic E-state index is 5.58. The Morgan fingerprint density at radius 3 is 1.72 bits per heavy atom. The molecular formula is C15H35N3. The van der Waals surface area contributed by atoms with Crippen LogP contribution in [0.1, 0.15) is 58.8 Å². The Morgan fingerprint density at radius 2 is 1.22 bits per heavy atom. The van der Waals surface area contributed by atoms with Crippen molar-refractivity contribution in [2.75, 3.05) is 32.7 Å². The van der Waals surface area contributed by atoms with Gasteiger partial charge in [-0.1, -0.05) is 39.5 Å². The zero-order valence-electron chi connectivity index (χ0n) is 12.7. The second-order valence-electron chi connectivity index (χ2n) is 5.72. The average molecular weight is 257 g/mol. The molecule has 0 bridgehead atoms. The van der Waals surface area contributed by atoms with Crippen LogP contribution in [0.15, 0.2) is 0 Å². The van der Waals surface area contributed by atoms with Gasteiger partial charge >= 0.3 is 0 Å². The molecule has 0 aromatic heterocycles. The van der Waals surface area contributed by atoms with Crippen molar-refractivity contribution in [3.63, 3.8) is 0 Å². The standard InChI is InChI=1S/C15H35N3/c1-15(2)9-5-3-4-6-12-18(13-7-10-16)14-8-11-17/h15H,3-14,16-17H2,1-2H3. The first-order chi connectivity index (χ1) is 8.70. The Hall–Kier alpha value is -0.120. The van der Waals surface area contributed by atoms with Crippen molar-refractivity contribution in [2.45, 2.75) is 58.8 Å². The third-order valence-electron chi connectivity index (χ3n) is 3.36. The van der Waals surface area contributed by atoms with Gasteiger partial charge in [-0.25, -0.2) is 0 Å². The highest BCUT2D eigenvalue weighted by Crippen LogP contribution is 2.10. The van der Waals surface area contributed by atoms with Crippen LogP contribution in [0.5, 0.6) is 0 Å². The lowest BCUT2D eigenvalue weighted by Gasteiger charge is -2.21. The Kier molecular flexibility index (Phi) is 13.2. The van der Waals surface area contributed by atoms with Crippen molar-refractivity contribution in [2.24, 2.45) is 17.4 Å². The van der Waals surface area contributed by atoms with Gasteiger partial charge in [0, 0.05) is 0 Å². The van der Waals surface area contributed by atoms with E-state index in [9.17, 15) is 0 Å².